The molecule has 13 heteroatoms. The number of benzene rings is 2. The van der Waals surface area contributed by atoms with Crippen molar-refractivity contribution in [1.29, 1.82) is 0 Å². The Balaban J connectivity index is 2.05. The fourth-order valence-electron chi connectivity index (χ4n) is 2.37. The zero-order valence-corrected chi connectivity index (χ0v) is 18.7. The predicted octanol–water partition coefficient (Wildman–Crippen LogP) is 3.00. The van der Waals surface area contributed by atoms with Gasteiger partial charge in [-0.05, 0) is 36.4 Å². The minimum Gasteiger partial charge on any atom is -0.493 e. The number of hydrogen-bond donors (Lipinski definition) is 1. The third-order valence-corrected chi connectivity index (χ3v) is 6.22. The van der Waals surface area contributed by atoms with E-state index in [0.29, 0.717) is 0 Å². The molecule has 0 aromatic heterocycles. The topological polar surface area (TPSA) is 111 Å². The Morgan fingerprint density at radius 3 is 2.41 bits per heavy atom. The molecule has 32 heavy (non-hydrogen) atoms. The first-order chi connectivity index (χ1) is 14.9. The summed E-state index contributed by atoms with van der Waals surface area (Å²) in [7, 11) is 0.0135. The summed E-state index contributed by atoms with van der Waals surface area (Å²) in [5, 5.41) is 2.36. The summed E-state index contributed by atoms with van der Waals surface area (Å²) in [6.45, 7) is -3.78. The summed E-state index contributed by atoms with van der Waals surface area (Å²) in [6, 6.07) is 7.23. The van der Waals surface area contributed by atoms with E-state index in [1.54, 1.807) is 0 Å². The number of carbonyl (C=O) groups is 2. The highest BCUT2D eigenvalue weighted by Crippen LogP contribution is 2.30. The van der Waals surface area contributed by atoms with Crippen LogP contribution in [0.5, 0.6) is 11.5 Å². The van der Waals surface area contributed by atoms with Crippen molar-refractivity contribution in [2.75, 3.05) is 33.1 Å². The van der Waals surface area contributed by atoms with Gasteiger partial charge >= 0.3 is 12.6 Å². The summed E-state index contributed by atoms with van der Waals surface area (Å²) in [5.74, 6) is -2.07. The molecule has 2 aromatic rings. The molecule has 2 aromatic carbocycles. The number of nitrogens with zero attached hydrogens (tertiary/aromatic N) is 1. The van der Waals surface area contributed by atoms with Crippen LogP contribution in [0.2, 0.25) is 5.02 Å². The lowest BCUT2D eigenvalue weighted by Crippen LogP contribution is -2.23. The molecular weight excluding hydrogens is 474 g/mol. The van der Waals surface area contributed by atoms with E-state index >= 15 is 0 Å². The molecule has 0 aliphatic heterocycles. The van der Waals surface area contributed by atoms with E-state index in [9.17, 15) is 26.8 Å². The Kier molecular flexibility index (Phi) is 8.36. The first kappa shape index (κ1) is 25.3. The Labute approximate surface area is 187 Å². The maximum absolute atomic E-state index is 12.4. The van der Waals surface area contributed by atoms with Crippen LogP contribution in [0.15, 0.2) is 41.3 Å². The van der Waals surface area contributed by atoms with E-state index in [1.807, 2.05) is 0 Å². The quantitative estimate of drug-likeness (QED) is 0.535. The first-order valence-electron chi connectivity index (χ1n) is 8.77. The molecule has 1 amide bonds. The Morgan fingerprint density at radius 1 is 1.12 bits per heavy atom. The van der Waals surface area contributed by atoms with Gasteiger partial charge in [0, 0.05) is 19.8 Å². The van der Waals surface area contributed by atoms with E-state index in [4.69, 9.17) is 21.1 Å². The van der Waals surface area contributed by atoms with Gasteiger partial charge in [-0.15, -0.1) is 0 Å². The van der Waals surface area contributed by atoms with Crippen molar-refractivity contribution in [3.05, 3.63) is 47.0 Å². The molecule has 0 radical (unpaired) electrons. The highest BCUT2D eigenvalue weighted by Gasteiger charge is 2.22. The third kappa shape index (κ3) is 6.28. The van der Waals surface area contributed by atoms with Gasteiger partial charge in [-0.3, -0.25) is 4.79 Å². The van der Waals surface area contributed by atoms with Crippen LogP contribution in [0, 0.1) is 0 Å². The molecule has 0 aliphatic rings. The average molecular weight is 493 g/mol. The molecule has 1 N–H and O–H groups in total. The molecule has 174 valence electrons. The van der Waals surface area contributed by atoms with E-state index in [2.05, 4.69) is 10.1 Å². The summed E-state index contributed by atoms with van der Waals surface area (Å²) in [6.07, 6.45) is 0. The van der Waals surface area contributed by atoms with Crippen LogP contribution in [0.1, 0.15) is 10.4 Å². The van der Waals surface area contributed by atoms with E-state index < -0.39 is 35.1 Å². The lowest BCUT2D eigenvalue weighted by atomic mass is 10.2. The summed E-state index contributed by atoms with van der Waals surface area (Å²) >= 11 is 5.95. The molecule has 0 heterocycles. The Morgan fingerprint density at radius 2 is 1.81 bits per heavy atom. The molecule has 0 saturated carbocycles. The predicted molar refractivity (Wildman–Crippen MR) is 111 cm³/mol. The number of halogens is 3. The minimum absolute atomic E-state index is 0.0312. The molecule has 0 fully saturated rings. The van der Waals surface area contributed by atoms with Crippen molar-refractivity contribution in [3.8, 4) is 11.5 Å². The average Bonchev–Trinajstić information content (AvgIpc) is 2.73. The lowest BCUT2D eigenvalue weighted by molar-refractivity contribution is -0.119. The SMILES string of the molecule is COc1cc(C(=O)OCC(=O)Nc2ccc(Cl)c(S(=O)(=O)N(C)C)c2)ccc1OC(F)F. The fourth-order valence-corrected chi connectivity index (χ4v) is 3.77. The summed E-state index contributed by atoms with van der Waals surface area (Å²) in [4.78, 5) is 24.1. The number of sulfonamides is 1. The van der Waals surface area contributed by atoms with Crippen LogP contribution in [-0.4, -0.2) is 59.0 Å². The zero-order chi connectivity index (χ0) is 24.1. The van der Waals surface area contributed by atoms with Gasteiger partial charge in [-0.25, -0.2) is 17.5 Å². The zero-order valence-electron chi connectivity index (χ0n) is 17.1. The van der Waals surface area contributed by atoms with Crippen molar-refractivity contribution in [1.82, 2.24) is 4.31 Å². The largest absolute Gasteiger partial charge is 0.493 e. The van der Waals surface area contributed by atoms with Crippen LogP contribution in [0.4, 0.5) is 14.5 Å². The number of alkyl halides is 2. The summed E-state index contributed by atoms with van der Waals surface area (Å²) < 4.78 is 64.4. The number of hydrogen-bond acceptors (Lipinski definition) is 7. The highest BCUT2D eigenvalue weighted by molar-refractivity contribution is 7.89. The second-order valence-corrected chi connectivity index (χ2v) is 8.83. The monoisotopic (exact) mass is 492 g/mol. The summed E-state index contributed by atoms with van der Waals surface area (Å²) in [5.41, 5.74) is 0.0492. The number of ether oxygens (including phenoxy) is 3. The van der Waals surface area contributed by atoms with Crippen LogP contribution in [-0.2, 0) is 19.6 Å². The number of rotatable bonds is 9. The Bertz CT molecular complexity index is 1110. The number of methoxy groups -OCH3 is 1. The van der Waals surface area contributed by atoms with Gasteiger partial charge in [0.05, 0.1) is 17.7 Å². The number of nitrogens with one attached hydrogen (secondary N) is 1. The van der Waals surface area contributed by atoms with E-state index in [-0.39, 0.29) is 32.7 Å². The van der Waals surface area contributed by atoms with Gasteiger partial charge in [-0.1, -0.05) is 11.6 Å². The minimum atomic E-state index is -3.85. The maximum Gasteiger partial charge on any atom is 0.387 e. The van der Waals surface area contributed by atoms with Crippen LogP contribution >= 0.6 is 11.6 Å². The Hall–Kier alpha value is -2.96. The second-order valence-electron chi connectivity index (χ2n) is 6.30. The third-order valence-electron chi connectivity index (χ3n) is 3.92. The molecule has 0 unspecified atom stereocenters. The van der Waals surface area contributed by atoms with E-state index in [1.165, 1.54) is 39.4 Å². The molecule has 0 aliphatic carbocycles. The molecule has 0 spiro atoms. The molecule has 0 bridgehead atoms. The number of carbonyl (C=O) groups excluding carboxylic acids is 2. The standard InChI is InChI=1S/C19H19ClF2N2O7S/c1-24(2)32(27,28)16-9-12(5-6-13(16)20)23-17(25)10-30-18(26)11-4-7-14(31-19(21)22)15(8-11)29-3/h4-9,19H,10H2,1-3H3,(H,23,25). The van der Waals surface area contributed by atoms with Crippen LogP contribution < -0.4 is 14.8 Å². The van der Waals surface area contributed by atoms with Crippen molar-refractivity contribution in [2.45, 2.75) is 11.5 Å². The fraction of sp³-hybridized carbons (Fsp3) is 0.263. The highest BCUT2D eigenvalue weighted by atomic mass is 35.5. The van der Waals surface area contributed by atoms with Gasteiger partial charge in [0.2, 0.25) is 10.0 Å². The van der Waals surface area contributed by atoms with Crippen LogP contribution in [0.3, 0.4) is 0 Å². The van der Waals surface area contributed by atoms with Crippen molar-refractivity contribution in [2.24, 2.45) is 0 Å². The van der Waals surface area contributed by atoms with Gasteiger partial charge < -0.3 is 19.5 Å². The molecule has 0 saturated heterocycles. The van der Waals surface area contributed by atoms with Gasteiger partial charge in [0.1, 0.15) is 4.90 Å². The molecule has 9 nitrogen and oxygen atoms in total. The second kappa shape index (κ2) is 10.6. The van der Waals surface area contributed by atoms with Crippen molar-refractivity contribution in [3.63, 3.8) is 0 Å². The van der Waals surface area contributed by atoms with Crippen molar-refractivity contribution >= 4 is 39.2 Å². The first-order valence-corrected chi connectivity index (χ1v) is 10.6. The molecule has 0 atom stereocenters. The van der Waals surface area contributed by atoms with Gasteiger partial charge in [0.15, 0.2) is 18.1 Å². The molecular formula is C19H19ClF2N2O7S. The van der Waals surface area contributed by atoms with E-state index in [0.717, 1.165) is 22.5 Å². The number of esters is 1. The normalized spacial score (nSPS) is 11.4. The maximum atomic E-state index is 12.4. The smallest absolute Gasteiger partial charge is 0.387 e. The van der Waals surface area contributed by atoms with Crippen molar-refractivity contribution < 1.29 is 41.0 Å². The van der Waals surface area contributed by atoms with Gasteiger partial charge in [-0.2, -0.15) is 8.78 Å². The van der Waals surface area contributed by atoms with Crippen LogP contribution in [0.25, 0.3) is 0 Å². The number of anilines is 1. The molecule has 2 rings (SSSR count). The number of amides is 1. The van der Waals surface area contributed by atoms with Gasteiger partial charge in [0.25, 0.3) is 5.91 Å². The lowest BCUT2D eigenvalue weighted by Gasteiger charge is -2.14.